The first-order chi connectivity index (χ1) is 11.2. The minimum absolute atomic E-state index is 0.0994. The summed E-state index contributed by atoms with van der Waals surface area (Å²) in [7, 11) is 0. The molecule has 3 heterocycles. The molecule has 1 aliphatic rings. The molecule has 4 nitrogen and oxygen atoms in total. The molecule has 0 aliphatic carbocycles. The molecular formula is C18H19N3OS. The van der Waals surface area contributed by atoms with Crippen LogP contribution in [0.5, 0.6) is 0 Å². The van der Waals surface area contributed by atoms with Crippen LogP contribution in [0, 0.1) is 0 Å². The molecule has 1 fully saturated rings. The molecular weight excluding hydrogens is 306 g/mol. The SMILES string of the molecule is CC1(c2nccs2)CCN(C(=O)c2cc3ccccc3[nH]2)CC1. The molecule has 0 spiro atoms. The number of nitrogens with zero attached hydrogens (tertiary/aromatic N) is 2. The van der Waals surface area contributed by atoms with Gasteiger partial charge in [-0.1, -0.05) is 25.1 Å². The maximum absolute atomic E-state index is 12.7. The molecule has 1 amide bonds. The van der Waals surface area contributed by atoms with Crippen LogP contribution in [0.25, 0.3) is 10.9 Å². The zero-order valence-corrected chi connectivity index (χ0v) is 13.9. The first-order valence-corrected chi connectivity index (χ1v) is 8.81. The zero-order valence-electron chi connectivity index (χ0n) is 13.1. The molecule has 5 heteroatoms. The van der Waals surface area contributed by atoms with Crippen molar-refractivity contribution in [2.75, 3.05) is 13.1 Å². The van der Waals surface area contributed by atoms with E-state index in [2.05, 4.69) is 16.9 Å². The summed E-state index contributed by atoms with van der Waals surface area (Å²) in [5, 5.41) is 4.30. The Kier molecular flexibility index (Phi) is 3.45. The molecule has 23 heavy (non-hydrogen) atoms. The number of carbonyl (C=O) groups is 1. The highest BCUT2D eigenvalue weighted by Crippen LogP contribution is 2.36. The Morgan fingerprint density at radius 1 is 1.30 bits per heavy atom. The van der Waals surface area contributed by atoms with E-state index in [1.165, 1.54) is 5.01 Å². The van der Waals surface area contributed by atoms with Gasteiger partial charge in [0.2, 0.25) is 0 Å². The molecule has 0 bridgehead atoms. The van der Waals surface area contributed by atoms with Crippen LogP contribution in [-0.4, -0.2) is 33.9 Å². The summed E-state index contributed by atoms with van der Waals surface area (Å²) in [6, 6.07) is 9.95. The Hall–Kier alpha value is -2.14. The molecule has 1 aromatic carbocycles. The number of likely N-dealkylation sites (tertiary alicyclic amines) is 1. The monoisotopic (exact) mass is 325 g/mol. The van der Waals surface area contributed by atoms with Crippen LogP contribution in [0.4, 0.5) is 0 Å². The van der Waals surface area contributed by atoms with E-state index in [0.717, 1.165) is 36.8 Å². The summed E-state index contributed by atoms with van der Waals surface area (Å²) in [6.07, 6.45) is 3.80. The van der Waals surface area contributed by atoms with Crippen LogP contribution in [0.1, 0.15) is 35.3 Å². The fourth-order valence-corrected chi connectivity index (χ4v) is 4.16. The molecule has 0 saturated carbocycles. The van der Waals surface area contributed by atoms with Crippen molar-refractivity contribution in [2.24, 2.45) is 0 Å². The van der Waals surface area contributed by atoms with Crippen LogP contribution in [-0.2, 0) is 5.41 Å². The minimum atomic E-state index is 0.0994. The van der Waals surface area contributed by atoms with Gasteiger partial charge in [-0.25, -0.2) is 4.98 Å². The van der Waals surface area contributed by atoms with Crippen LogP contribution < -0.4 is 0 Å². The predicted molar refractivity (Wildman–Crippen MR) is 92.9 cm³/mol. The number of thiazole rings is 1. The molecule has 1 aliphatic heterocycles. The number of aromatic amines is 1. The number of hydrogen-bond donors (Lipinski definition) is 1. The maximum Gasteiger partial charge on any atom is 0.270 e. The lowest BCUT2D eigenvalue weighted by Crippen LogP contribution is -2.44. The summed E-state index contributed by atoms with van der Waals surface area (Å²) < 4.78 is 0. The lowest BCUT2D eigenvalue weighted by atomic mass is 9.81. The number of aromatic nitrogens is 2. The number of H-pyrrole nitrogens is 1. The third-order valence-electron chi connectivity index (χ3n) is 4.86. The lowest BCUT2D eigenvalue weighted by Gasteiger charge is -2.38. The first kappa shape index (κ1) is 14.5. The Morgan fingerprint density at radius 3 is 2.78 bits per heavy atom. The van der Waals surface area contributed by atoms with Crippen molar-refractivity contribution >= 4 is 28.1 Å². The van der Waals surface area contributed by atoms with E-state index in [0.29, 0.717) is 5.69 Å². The predicted octanol–water partition coefficient (Wildman–Crippen LogP) is 3.82. The van der Waals surface area contributed by atoms with Crippen molar-refractivity contribution in [1.82, 2.24) is 14.9 Å². The highest BCUT2D eigenvalue weighted by Gasteiger charge is 2.35. The van der Waals surface area contributed by atoms with Gasteiger partial charge in [-0.2, -0.15) is 0 Å². The van der Waals surface area contributed by atoms with E-state index in [-0.39, 0.29) is 11.3 Å². The lowest BCUT2D eigenvalue weighted by molar-refractivity contribution is 0.0671. The molecule has 0 unspecified atom stereocenters. The zero-order chi connectivity index (χ0) is 15.9. The summed E-state index contributed by atoms with van der Waals surface area (Å²) in [5.74, 6) is 0.0994. The van der Waals surface area contributed by atoms with Gasteiger partial charge in [-0.3, -0.25) is 4.79 Å². The summed E-state index contributed by atoms with van der Waals surface area (Å²) in [4.78, 5) is 22.4. The molecule has 4 rings (SSSR count). The number of hydrogen-bond acceptors (Lipinski definition) is 3. The average molecular weight is 325 g/mol. The van der Waals surface area contributed by atoms with Gasteiger partial charge in [-0.05, 0) is 25.0 Å². The van der Waals surface area contributed by atoms with Crippen molar-refractivity contribution in [3.05, 3.63) is 52.6 Å². The van der Waals surface area contributed by atoms with Gasteiger partial charge in [0, 0.05) is 41.0 Å². The van der Waals surface area contributed by atoms with E-state index in [1.807, 2.05) is 46.8 Å². The van der Waals surface area contributed by atoms with Crippen molar-refractivity contribution in [2.45, 2.75) is 25.2 Å². The Morgan fingerprint density at radius 2 is 2.09 bits per heavy atom. The number of fused-ring (bicyclic) bond motifs is 1. The number of nitrogens with one attached hydrogen (secondary N) is 1. The van der Waals surface area contributed by atoms with Gasteiger partial charge in [-0.15, -0.1) is 11.3 Å². The van der Waals surface area contributed by atoms with Crippen molar-refractivity contribution < 1.29 is 4.79 Å². The largest absolute Gasteiger partial charge is 0.351 e. The number of para-hydroxylation sites is 1. The maximum atomic E-state index is 12.7. The fourth-order valence-electron chi connectivity index (χ4n) is 3.30. The van der Waals surface area contributed by atoms with Gasteiger partial charge in [0.1, 0.15) is 5.69 Å². The van der Waals surface area contributed by atoms with Gasteiger partial charge in [0.05, 0.1) is 5.01 Å². The number of benzene rings is 1. The second-order valence-corrected chi connectivity index (χ2v) is 7.35. The van der Waals surface area contributed by atoms with Gasteiger partial charge >= 0.3 is 0 Å². The van der Waals surface area contributed by atoms with E-state index < -0.39 is 0 Å². The summed E-state index contributed by atoms with van der Waals surface area (Å²) in [6.45, 7) is 3.82. The van der Waals surface area contributed by atoms with E-state index in [9.17, 15) is 4.79 Å². The van der Waals surface area contributed by atoms with Crippen LogP contribution in [0.15, 0.2) is 41.9 Å². The van der Waals surface area contributed by atoms with Gasteiger partial charge in [0.25, 0.3) is 5.91 Å². The van der Waals surface area contributed by atoms with Crippen LogP contribution in [0.3, 0.4) is 0 Å². The minimum Gasteiger partial charge on any atom is -0.351 e. The number of amides is 1. The van der Waals surface area contributed by atoms with Gasteiger partial charge in [0.15, 0.2) is 0 Å². The van der Waals surface area contributed by atoms with E-state index in [4.69, 9.17) is 0 Å². The Balaban J connectivity index is 1.50. The molecule has 1 N–H and O–H groups in total. The Labute approximate surface area is 139 Å². The molecule has 2 aromatic heterocycles. The highest BCUT2D eigenvalue weighted by atomic mass is 32.1. The van der Waals surface area contributed by atoms with Crippen LogP contribution >= 0.6 is 11.3 Å². The molecule has 0 radical (unpaired) electrons. The molecule has 1 saturated heterocycles. The number of carbonyl (C=O) groups excluding carboxylic acids is 1. The first-order valence-electron chi connectivity index (χ1n) is 7.93. The van der Waals surface area contributed by atoms with Crippen molar-refractivity contribution in [3.63, 3.8) is 0 Å². The highest BCUT2D eigenvalue weighted by molar-refractivity contribution is 7.09. The van der Waals surface area contributed by atoms with Crippen molar-refractivity contribution in [3.8, 4) is 0 Å². The standard InChI is InChI=1S/C18H19N3OS/c1-18(17-19-8-11-23-17)6-9-21(10-7-18)16(22)15-12-13-4-2-3-5-14(13)20-15/h2-5,8,11-12,20H,6-7,9-10H2,1H3. The van der Waals surface area contributed by atoms with E-state index >= 15 is 0 Å². The molecule has 0 atom stereocenters. The third-order valence-corrected chi connectivity index (χ3v) is 5.94. The summed E-state index contributed by atoms with van der Waals surface area (Å²) >= 11 is 1.72. The third kappa shape index (κ3) is 2.55. The second-order valence-electron chi connectivity index (χ2n) is 6.46. The average Bonchev–Trinajstić information content (AvgIpc) is 3.24. The fraction of sp³-hybridized carbons (Fsp3) is 0.333. The number of rotatable bonds is 2. The quantitative estimate of drug-likeness (QED) is 0.779. The van der Waals surface area contributed by atoms with Gasteiger partial charge < -0.3 is 9.88 Å². The molecule has 3 aromatic rings. The van der Waals surface area contributed by atoms with E-state index in [1.54, 1.807) is 11.3 Å². The summed E-state index contributed by atoms with van der Waals surface area (Å²) in [5.41, 5.74) is 1.80. The topological polar surface area (TPSA) is 49.0 Å². The van der Waals surface area contributed by atoms with Crippen LogP contribution in [0.2, 0.25) is 0 Å². The van der Waals surface area contributed by atoms with Crippen molar-refractivity contribution in [1.29, 1.82) is 0 Å². The smallest absolute Gasteiger partial charge is 0.270 e. The second kappa shape index (κ2) is 5.49. The normalized spacial score (nSPS) is 17.5. The Bertz CT molecular complexity index is 796. The molecule has 118 valence electrons. The number of piperidine rings is 1.